The number of carboxylic acids is 1. The van der Waals surface area contributed by atoms with Gasteiger partial charge in [-0.2, -0.15) is 0 Å². The van der Waals surface area contributed by atoms with Crippen molar-refractivity contribution in [1.82, 2.24) is 4.90 Å². The Hall–Kier alpha value is -3.25. The highest BCUT2D eigenvalue weighted by Crippen LogP contribution is 2.45. The number of hydrogen-bond donors (Lipinski definition) is 1. The fraction of sp³-hybridized carbons (Fsp3) is 0.529. The van der Waals surface area contributed by atoms with Gasteiger partial charge in [0.1, 0.15) is 23.5 Å². The molecule has 0 saturated carbocycles. The van der Waals surface area contributed by atoms with Crippen molar-refractivity contribution in [2.45, 2.75) is 98.1 Å². The number of unbranched alkanes of at least 4 members (excludes halogenated alkanes) is 2. The fourth-order valence-electron chi connectivity index (χ4n) is 5.71. The Morgan fingerprint density at radius 3 is 2.32 bits per heavy atom. The first kappa shape index (κ1) is 33.6. The van der Waals surface area contributed by atoms with Crippen LogP contribution in [0.1, 0.15) is 58.9 Å². The second-order valence-electron chi connectivity index (χ2n) is 15.0. The van der Waals surface area contributed by atoms with E-state index in [1.165, 1.54) is 5.56 Å². The lowest BCUT2D eigenvalue weighted by Crippen LogP contribution is -2.35. The molecule has 1 N–H and O–H groups in total. The first-order valence-corrected chi connectivity index (χ1v) is 22.5. The largest absolute Gasteiger partial charge is 0.543 e. The van der Waals surface area contributed by atoms with E-state index in [9.17, 15) is 4.79 Å². The molecule has 0 amide bonds. The van der Waals surface area contributed by atoms with Crippen LogP contribution in [0.15, 0.2) is 69.8 Å². The number of fused-ring (bicyclic) bond motifs is 2. The third kappa shape index (κ3) is 7.69. The van der Waals surface area contributed by atoms with Gasteiger partial charge in [-0.15, -0.1) is 0 Å². The highest BCUT2D eigenvalue weighted by atomic mass is 28.4. The van der Waals surface area contributed by atoms with Gasteiger partial charge in [-0.3, -0.25) is 4.79 Å². The van der Waals surface area contributed by atoms with Crippen LogP contribution in [0, 0.1) is 5.41 Å². The number of hydrogen-bond acceptors (Lipinski definition) is 6. The predicted molar refractivity (Wildman–Crippen MR) is 184 cm³/mol. The van der Waals surface area contributed by atoms with Crippen LogP contribution in [0.5, 0.6) is 5.75 Å². The van der Waals surface area contributed by atoms with Gasteiger partial charge in [-0.1, -0.05) is 26.3 Å². The van der Waals surface area contributed by atoms with Crippen molar-refractivity contribution >= 4 is 40.0 Å². The molecule has 0 saturated heterocycles. The monoisotopic (exact) mass is 635 g/mol. The van der Waals surface area contributed by atoms with Gasteiger partial charge in [0, 0.05) is 30.2 Å². The number of pyridine rings is 1. The second kappa shape index (κ2) is 12.3. The van der Waals surface area contributed by atoms with Crippen LogP contribution in [0.2, 0.25) is 39.3 Å². The van der Waals surface area contributed by atoms with Crippen LogP contribution >= 0.6 is 0 Å². The Balaban J connectivity index is 1.59. The molecule has 10 heteroatoms. The van der Waals surface area contributed by atoms with Crippen molar-refractivity contribution < 1.29 is 23.3 Å². The van der Waals surface area contributed by atoms with Crippen molar-refractivity contribution in [1.29, 1.82) is 0 Å². The van der Waals surface area contributed by atoms with E-state index in [4.69, 9.17) is 23.9 Å². The number of allylic oxidation sites excluding steroid dienone is 5. The summed E-state index contributed by atoms with van der Waals surface area (Å²) in [7, 11) is -1.54. The normalized spacial score (nSPS) is 19.8. The zero-order chi connectivity index (χ0) is 32.7. The molecular formula is C34H51N4O4Si2+. The Kier molecular flexibility index (Phi) is 9.38. The maximum absolute atomic E-state index is 11.0. The van der Waals surface area contributed by atoms with Crippen molar-refractivity contribution in [3.63, 3.8) is 0 Å². The van der Waals surface area contributed by atoms with Gasteiger partial charge in [-0.05, 0) is 95.3 Å². The topological polar surface area (TPSA) is 87.6 Å². The summed E-state index contributed by atoms with van der Waals surface area (Å²) in [5.74, 6) is 2.94. The van der Waals surface area contributed by atoms with Gasteiger partial charge in [0.15, 0.2) is 5.71 Å². The first-order valence-electron chi connectivity index (χ1n) is 15.7. The van der Waals surface area contributed by atoms with Crippen molar-refractivity contribution in [2.75, 3.05) is 6.54 Å². The third-order valence-electron chi connectivity index (χ3n) is 7.99. The molecular weight excluding hydrogens is 585 g/mol. The van der Waals surface area contributed by atoms with E-state index in [0.717, 1.165) is 59.5 Å². The van der Waals surface area contributed by atoms with Crippen LogP contribution in [0.4, 0.5) is 5.82 Å². The summed E-state index contributed by atoms with van der Waals surface area (Å²) in [4.78, 5) is 23.3. The molecule has 8 nitrogen and oxygen atoms in total. The molecule has 0 atom stereocenters. The van der Waals surface area contributed by atoms with E-state index in [1.807, 2.05) is 13.2 Å². The molecule has 0 aliphatic carbocycles. The zero-order valence-corrected chi connectivity index (χ0v) is 30.5. The van der Waals surface area contributed by atoms with E-state index in [0.29, 0.717) is 6.42 Å². The molecule has 4 rings (SSSR count). The number of amidine groups is 1. The molecule has 238 valence electrons. The molecule has 3 aliphatic rings. The molecule has 0 bridgehead atoms. The summed E-state index contributed by atoms with van der Waals surface area (Å²) in [5, 5.41) is 9.01. The summed E-state index contributed by atoms with van der Waals surface area (Å²) in [6.45, 7) is 22.8. The number of rotatable bonds is 12. The van der Waals surface area contributed by atoms with Gasteiger partial charge < -0.3 is 18.9 Å². The Morgan fingerprint density at radius 2 is 1.68 bits per heavy atom. The lowest BCUT2D eigenvalue weighted by atomic mass is 9.81. The average Bonchev–Trinajstić information content (AvgIpc) is 3.26. The minimum absolute atomic E-state index is 0.205. The highest BCUT2D eigenvalue weighted by Gasteiger charge is 2.43. The SMILES string of the molecule is C[n+]1cc(O[Si](C)(C)C)cc2c1N=C(/C=C/C=C1\N=C3C(=CC(O[Si](C)(C)C)=CN3CCCCCC(=O)O)C1(C)C)C2(C)C. The molecule has 0 unspecified atom stereocenters. The smallest absolute Gasteiger partial charge is 0.327 e. The number of aliphatic carboxylic acids is 1. The molecule has 4 heterocycles. The van der Waals surface area contributed by atoms with E-state index in [1.54, 1.807) is 0 Å². The molecule has 0 radical (unpaired) electrons. The molecule has 0 fully saturated rings. The summed E-state index contributed by atoms with van der Waals surface area (Å²) in [6, 6.07) is 2.16. The van der Waals surface area contributed by atoms with E-state index < -0.39 is 22.6 Å². The van der Waals surface area contributed by atoms with E-state index >= 15 is 0 Å². The second-order valence-corrected chi connectivity index (χ2v) is 23.9. The third-order valence-corrected chi connectivity index (χ3v) is 9.69. The maximum Gasteiger partial charge on any atom is 0.327 e. The molecule has 1 aromatic heterocycles. The van der Waals surface area contributed by atoms with Gasteiger partial charge in [0.2, 0.25) is 16.6 Å². The zero-order valence-electron chi connectivity index (χ0n) is 28.5. The summed E-state index contributed by atoms with van der Waals surface area (Å²) in [6.07, 6.45) is 15.2. The summed E-state index contributed by atoms with van der Waals surface area (Å²) in [5.41, 5.74) is 3.72. The minimum atomic E-state index is -1.83. The highest BCUT2D eigenvalue weighted by molar-refractivity contribution is 6.70. The lowest BCUT2D eigenvalue weighted by molar-refractivity contribution is -0.658. The molecule has 3 aliphatic heterocycles. The minimum Gasteiger partial charge on any atom is -0.543 e. The van der Waals surface area contributed by atoms with Crippen LogP contribution in [-0.4, -0.2) is 50.7 Å². The van der Waals surface area contributed by atoms with Crippen LogP contribution < -0.4 is 8.99 Å². The molecule has 0 spiro atoms. The van der Waals surface area contributed by atoms with Gasteiger partial charge in [-0.25, -0.2) is 9.56 Å². The van der Waals surface area contributed by atoms with E-state index in [-0.39, 0.29) is 17.3 Å². The Morgan fingerprint density at radius 1 is 1.00 bits per heavy atom. The number of aromatic nitrogens is 1. The number of aryl methyl sites for hydroxylation is 1. The summed E-state index contributed by atoms with van der Waals surface area (Å²) < 4.78 is 14.8. The van der Waals surface area contributed by atoms with Crippen molar-refractivity contribution in [3.05, 3.63) is 65.4 Å². The van der Waals surface area contributed by atoms with Gasteiger partial charge in [0.25, 0.3) is 0 Å². The standard InChI is InChI=1S/C34H50N4O4Si2/c1-33(2)26-20-24(41-43(6,7)8)22-37(5)31(26)35-28(33)16-15-17-29-34(3,4)27-21-25(42-44(9,10)11)23-38(32(27)36-29)19-14-12-13-18-30(39)40/h15-17,20-23H,12-14,18-19H2,1-11H3/p+1. The van der Waals surface area contributed by atoms with Crippen LogP contribution in [0.25, 0.3) is 0 Å². The van der Waals surface area contributed by atoms with Gasteiger partial charge >= 0.3 is 11.8 Å². The predicted octanol–water partition coefficient (Wildman–Crippen LogP) is 7.55. The first-order chi connectivity index (χ1) is 20.3. The van der Waals surface area contributed by atoms with Crippen molar-refractivity contribution in [2.24, 2.45) is 22.4 Å². The molecule has 1 aromatic rings. The number of carboxylic acid groups (broad SMARTS) is 1. The number of aliphatic imine (C=N–C) groups is 2. The Labute approximate surface area is 265 Å². The quantitative estimate of drug-likeness (QED) is 0.146. The number of nitrogens with zero attached hydrogens (tertiary/aromatic N) is 4. The Bertz CT molecular complexity index is 1500. The number of carbonyl (C=O) groups is 1. The molecule has 0 aromatic carbocycles. The summed E-state index contributed by atoms with van der Waals surface area (Å²) >= 11 is 0. The van der Waals surface area contributed by atoms with Crippen molar-refractivity contribution in [3.8, 4) is 5.75 Å². The maximum atomic E-state index is 11.0. The fourth-order valence-corrected chi connectivity index (χ4v) is 7.35. The lowest BCUT2D eigenvalue weighted by Gasteiger charge is -2.32. The van der Waals surface area contributed by atoms with Gasteiger partial charge in [0.05, 0.1) is 23.7 Å². The molecule has 44 heavy (non-hydrogen) atoms. The van der Waals surface area contributed by atoms with Crippen LogP contribution in [0.3, 0.4) is 0 Å². The average molecular weight is 636 g/mol. The van der Waals surface area contributed by atoms with E-state index in [2.05, 4.69) is 113 Å². The van der Waals surface area contributed by atoms with Crippen LogP contribution in [-0.2, 0) is 21.7 Å².